The highest BCUT2D eigenvalue weighted by atomic mass is 35.5. The molecule has 144 valence electrons. The van der Waals surface area contributed by atoms with Gasteiger partial charge in [0.1, 0.15) is 11.6 Å². The van der Waals surface area contributed by atoms with Crippen LogP contribution in [0.3, 0.4) is 0 Å². The Hall–Kier alpha value is -2.93. The Morgan fingerprint density at radius 1 is 1.25 bits per heavy atom. The molecule has 0 aliphatic carbocycles. The van der Waals surface area contributed by atoms with Gasteiger partial charge in [-0.15, -0.1) is 0 Å². The van der Waals surface area contributed by atoms with Crippen LogP contribution >= 0.6 is 11.6 Å². The van der Waals surface area contributed by atoms with E-state index in [4.69, 9.17) is 16.7 Å². The Labute approximate surface area is 167 Å². The molecule has 0 aromatic carbocycles. The molecule has 3 aromatic heterocycles. The van der Waals surface area contributed by atoms with E-state index in [2.05, 4.69) is 24.4 Å². The summed E-state index contributed by atoms with van der Waals surface area (Å²) in [5, 5.41) is 9.46. The first-order valence-electron chi connectivity index (χ1n) is 9.15. The quantitative estimate of drug-likeness (QED) is 0.709. The van der Waals surface area contributed by atoms with Gasteiger partial charge in [0.2, 0.25) is 0 Å². The number of carbonyl (C=O) groups is 1. The monoisotopic (exact) mass is 397 g/mol. The molecule has 3 aromatic rings. The minimum atomic E-state index is -1.03. The maximum atomic E-state index is 11.1. The fourth-order valence-corrected chi connectivity index (χ4v) is 3.95. The van der Waals surface area contributed by atoms with Gasteiger partial charge in [0.15, 0.2) is 0 Å². The van der Waals surface area contributed by atoms with E-state index < -0.39 is 5.97 Å². The summed E-state index contributed by atoms with van der Waals surface area (Å²) < 4.78 is 2.17. The zero-order chi connectivity index (χ0) is 19.5. The van der Waals surface area contributed by atoms with Crippen molar-refractivity contribution in [1.82, 2.24) is 19.5 Å². The number of aromatic nitrogens is 4. The lowest BCUT2D eigenvalue weighted by Crippen LogP contribution is -2.36. The van der Waals surface area contributed by atoms with Crippen LogP contribution in [-0.2, 0) is 6.54 Å². The Kier molecular flexibility index (Phi) is 5.25. The molecule has 0 amide bonds. The summed E-state index contributed by atoms with van der Waals surface area (Å²) in [6.45, 7) is 2.33. The van der Waals surface area contributed by atoms with E-state index in [-0.39, 0.29) is 11.5 Å². The Balaban J connectivity index is 1.54. The van der Waals surface area contributed by atoms with Crippen LogP contribution in [-0.4, -0.2) is 43.7 Å². The van der Waals surface area contributed by atoms with E-state index in [1.165, 1.54) is 17.8 Å². The largest absolute Gasteiger partial charge is 0.478 e. The number of rotatable bonds is 5. The predicted octanol–water partition coefficient (Wildman–Crippen LogP) is 3.46. The molecule has 1 aliphatic rings. The van der Waals surface area contributed by atoms with Gasteiger partial charge in [0.05, 0.1) is 10.6 Å². The first kappa shape index (κ1) is 18.4. The summed E-state index contributed by atoms with van der Waals surface area (Å²) in [4.78, 5) is 26.2. The predicted molar refractivity (Wildman–Crippen MR) is 106 cm³/mol. The topological polar surface area (TPSA) is 84.1 Å². The minimum absolute atomic E-state index is 0.0928. The Morgan fingerprint density at radius 3 is 2.82 bits per heavy atom. The number of anilines is 1. The third-order valence-corrected chi connectivity index (χ3v) is 5.28. The van der Waals surface area contributed by atoms with Crippen LogP contribution < -0.4 is 4.90 Å². The first-order valence-corrected chi connectivity index (χ1v) is 9.53. The second-order valence-electron chi connectivity index (χ2n) is 6.89. The second kappa shape index (κ2) is 7.98. The van der Waals surface area contributed by atoms with Crippen LogP contribution in [0.2, 0.25) is 5.02 Å². The maximum absolute atomic E-state index is 11.1. The molecule has 0 spiro atoms. The number of hydrogen-bond donors (Lipinski definition) is 1. The van der Waals surface area contributed by atoms with Crippen molar-refractivity contribution in [2.45, 2.75) is 25.3 Å². The van der Waals surface area contributed by atoms with E-state index in [0.717, 1.165) is 38.3 Å². The van der Waals surface area contributed by atoms with Crippen LogP contribution in [0.25, 0.3) is 0 Å². The molecule has 8 heteroatoms. The van der Waals surface area contributed by atoms with Crippen molar-refractivity contribution in [1.29, 1.82) is 0 Å². The Morgan fingerprint density at radius 2 is 2.07 bits per heavy atom. The fraction of sp³-hybridized carbons (Fsp3) is 0.300. The van der Waals surface area contributed by atoms with E-state index in [1.807, 2.05) is 24.5 Å². The summed E-state index contributed by atoms with van der Waals surface area (Å²) in [6, 6.07) is 5.47. The molecule has 28 heavy (non-hydrogen) atoms. The van der Waals surface area contributed by atoms with Crippen molar-refractivity contribution in [3.8, 4) is 0 Å². The number of hydrogen-bond acceptors (Lipinski definition) is 5. The average Bonchev–Trinajstić information content (AvgIpc) is 3.17. The molecule has 4 rings (SSSR count). The molecule has 1 fully saturated rings. The second-order valence-corrected chi connectivity index (χ2v) is 7.30. The minimum Gasteiger partial charge on any atom is -0.478 e. The summed E-state index contributed by atoms with van der Waals surface area (Å²) in [5.74, 6) is 0.890. The first-order chi connectivity index (χ1) is 13.6. The number of carboxylic acids is 1. The van der Waals surface area contributed by atoms with Crippen molar-refractivity contribution in [3.05, 3.63) is 71.2 Å². The molecule has 0 radical (unpaired) electrons. The van der Waals surface area contributed by atoms with Crippen LogP contribution in [0.1, 0.15) is 40.5 Å². The van der Waals surface area contributed by atoms with Gasteiger partial charge >= 0.3 is 5.97 Å². The number of halogens is 1. The lowest BCUT2D eigenvalue weighted by molar-refractivity contribution is 0.0696. The van der Waals surface area contributed by atoms with E-state index >= 15 is 0 Å². The van der Waals surface area contributed by atoms with Crippen LogP contribution in [0.4, 0.5) is 5.82 Å². The summed E-state index contributed by atoms with van der Waals surface area (Å²) in [5.41, 5.74) is 1.27. The summed E-state index contributed by atoms with van der Waals surface area (Å²) in [7, 11) is 0. The van der Waals surface area contributed by atoms with E-state index in [1.54, 1.807) is 12.4 Å². The van der Waals surface area contributed by atoms with Crippen molar-refractivity contribution >= 4 is 23.4 Å². The van der Waals surface area contributed by atoms with Gasteiger partial charge in [-0.1, -0.05) is 11.6 Å². The fourth-order valence-electron chi connectivity index (χ4n) is 3.66. The van der Waals surface area contributed by atoms with Crippen LogP contribution in [0.15, 0.2) is 49.2 Å². The molecular formula is C20H20ClN5O2. The van der Waals surface area contributed by atoms with Gasteiger partial charge in [-0.25, -0.2) is 14.8 Å². The van der Waals surface area contributed by atoms with Crippen LogP contribution in [0.5, 0.6) is 0 Å². The summed E-state index contributed by atoms with van der Waals surface area (Å²) >= 11 is 6.32. The lowest BCUT2D eigenvalue weighted by Gasteiger charge is -2.34. The summed E-state index contributed by atoms with van der Waals surface area (Å²) in [6.07, 6.45) is 10.8. The van der Waals surface area contributed by atoms with E-state index in [9.17, 15) is 4.79 Å². The third-order valence-electron chi connectivity index (χ3n) is 5.00. The smallest absolute Gasteiger partial charge is 0.337 e. The van der Waals surface area contributed by atoms with Gasteiger partial charge < -0.3 is 14.6 Å². The normalized spacial score (nSPS) is 16.9. The highest BCUT2D eigenvalue weighted by molar-refractivity contribution is 6.33. The highest BCUT2D eigenvalue weighted by Gasteiger charge is 2.27. The standard InChI is InChI=1S/C20H20ClN5O2/c21-17-10-16(20(27)28)11-24-19(17)25-8-1-2-15(13-25)18-23-7-9-26(18)12-14-3-5-22-6-4-14/h3-7,9-11,15H,1-2,8,12-13H2,(H,27,28)/t15-/m0/s1. The molecule has 1 aliphatic heterocycles. The van der Waals surface area contributed by atoms with Crippen molar-refractivity contribution in [2.75, 3.05) is 18.0 Å². The molecule has 4 heterocycles. The number of pyridine rings is 2. The number of nitrogens with zero attached hydrogens (tertiary/aromatic N) is 5. The lowest BCUT2D eigenvalue weighted by atomic mass is 9.97. The van der Waals surface area contributed by atoms with Crippen molar-refractivity contribution in [2.24, 2.45) is 0 Å². The SMILES string of the molecule is O=C(O)c1cnc(N2CCC[C@H](c3nccn3Cc3ccncc3)C2)c(Cl)c1. The molecule has 1 N–H and O–H groups in total. The van der Waals surface area contributed by atoms with Gasteiger partial charge in [-0.3, -0.25) is 4.98 Å². The zero-order valence-electron chi connectivity index (χ0n) is 15.2. The highest BCUT2D eigenvalue weighted by Crippen LogP contribution is 2.32. The van der Waals surface area contributed by atoms with Crippen molar-refractivity contribution in [3.63, 3.8) is 0 Å². The number of aromatic carboxylic acids is 1. The zero-order valence-corrected chi connectivity index (χ0v) is 16.0. The maximum Gasteiger partial charge on any atom is 0.337 e. The molecule has 0 unspecified atom stereocenters. The van der Waals surface area contributed by atoms with Crippen molar-refractivity contribution < 1.29 is 9.90 Å². The van der Waals surface area contributed by atoms with Gasteiger partial charge in [0.25, 0.3) is 0 Å². The molecular weight excluding hydrogens is 378 g/mol. The Bertz CT molecular complexity index is 976. The number of piperidine rings is 1. The third kappa shape index (κ3) is 3.84. The van der Waals surface area contributed by atoms with Gasteiger partial charge in [-0.2, -0.15) is 0 Å². The van der Waals surface area contributed by atoms with Crippen LogP contribution in [0, 0.1) is 0 Å². The van der Waals surface area contributed by atoms with E-state index in [0.29, 0.717) is 10.8 Å². The number of imidazole rings is 1. The van der Waals surface area contributed by atoms with Gasteiger partial charge in [-0.05, 0) is 36.6 Å². The molecule has 0 bridgehead atoms. The van der Waals surface area contributed by atoms with Gasteiger partial charge in [0, 0.05) is 56.5 Å². The average molecular weight is 398 g/mol. The molecule has 1 atom stereocenters. The number of carboxylic acid groups (broad SMARTS) is 1. The molecule has 7 nitrogen and oxygen atoms in total. The molecule has 1 saturated heterocycles. The molecule has 0 saturated carbocycles.